The lowest BCUT2D eigenvalue weighted by Gasteiger charge is -2.09. The van der Waals surface area contributed by atoms with Crippen molar-refractivity contribution in [2.45, 2.75) is 6.54 Å². The van der Waals surface area contributed by atoms with Gasteiger partial charge in [-0.05, 0) is 29.8 Å². The number of nitrogens with zero attached hydrogens (tertiary/aromatic N) is 2. The Morgan fingerprint density at radius 2 is 1.72 bits per heavy atom. The summed E-state index contributed by atoms with van der Waals surface area (Å²) in [6.07, 6.45) is 1.51. The standard InChI is InChI=1S/C17H19N3O5/c1-23-15-6-4-12(8-14(15)20(21)22)10-18-19-11-13-5-7-16(24-2)17(9-13)25-3/h4-10,19H,11H2,1-3H3/b18-10-. The first-order chi connectivity index (χ1) is 12.1. The van der Waals surface area contributed by atoms with Crippen LogP contribution in [-0.4, -0.2) is 32.5 Å². The fraction of sp³-hybridized carbons (Fsp3) is 0.235. The maximum absolute atomic E-state index is 11.0. The van der Waals surface area contributed by atoms with Gasteiger partial charge in [0.1, 0.15) is 0 Å². The Hall–Kier alpha value is -3.29. The molecule has 8 heteroatoms. The molecule has 25 heavy (non-hydrogen) atoms. The second-order valence-electron chi connectivity index (χ2n) is 4.97. The molecule has 8 nitrogen and oxygen atoms in total. The second kappa shape index (κ2) is 8.53. The highest BCUT2D eigenvalue weighted by molar-refractivity contribution is 5.81. The first-order valence-electron chi connectivity index (χ1n) is 7.38. The summed E-state index contributed by atoms with van der Waals surface area (Å²) < 4.78 is 15.4. The van der Waals surface area contributed by atoms with Gasteiger partial charge in [-0.1, -0.05) is 6.07 Å². The van der Waals surface area contributed by atoms with Gasteiger partial charge in [-0.15, -0.1) is 0 Å². The Balaban J connectivity index is 2.02. The highest BCUT2D eigenvalue weighted by atomic mass is 16.6. The van der Waals surface area contributed by atoms with E-state index in [1.165, 1.54) is 25.5 Å². The van der Waals surface area contributed by atoms with Crippen molar-refractivity contribution in [1.29, 1.82) is 0 Å². The highest BCUT2D eigenvalue weighted by Crippen LogP contribution is 2.28. The Bertz CT molecular complexity index is 777. The number of benzene rings is 2. The molecular formula is C17H19N3O5. The third kappa shape index (κ3) is 4.60. The van der Waals surface area contributed by atoms with Crippen LogP contribution in [0.1, 0.15) is 11.1 Å². The van der Waals surface area contributed by atoms with Crippen molar-refractivity contribution >= 4 is 11.9 Å². The Morgan fingerprint density at radius 1 is 1.04 bits per heavy atom. The predicted octanol–water partition coefficient (Wildman–Crippen LogP) is 2.74. The van der Waals surface area contributed by atoms with Crippen LogP contribution < -0.4 is 19.6 Å². The molecule has 132 valence electrons. The van der Waals surface area contributed by atoms with Gasteiger partial charge >= 0.3 is 5.69 Å². The van der Waals surface area contributed by atoms with Crippen molar-refractivity contribution < 1.29 is 19.1 Å². The summed E-state index contributed by atoms with van der Waals surface area (Å²) in [5, 5.41) is 15.1. The number of rotatable bonds is 8. The molecule has 0 unspecified atom stereocenters. The number of hydrogen-bond donors (Lipinski definition) is 1. The Morgan fingerprint density at radius 3 is 2.36 bits per heavy atom. The van der Waals surface area contributed by atoms with Crippen LogP contribution >= 0.6 is 0 Å². The zero-order valence-corrected chi connectivity index (χ0v) is 14.2. The van der Waals surface area contributed by atoms with Crippen LogP contribution in [0.15, 0.2) is 41.5 Å². The number of nitro groups is 1. The van der Waals surface area contributed by atoms with Crippen molar-refractivity contribution in [3.8, 4) is 17.2 Å². The second-order valence-corrected chi connectivity index (χ2v) is 4.97. The molecule has 0 heterocycles. The molecule has 0 saturated carbocycles. The summed E-state index contributed by atoms with van der Waals surface area (Å²) in [7, 11) is 4.54. The maximum Gasteiger partial charge on any atom is 0.311 e. The minimum Gasteiger partial charge on any atom is -0.493 e. The molecule has 1 N–H and O–H groups in total. The predicted molar refractivity (Wildman–Crippen MR) is 93.6 cm³/mol. The van der Waals surface area contributed by atoms with E-state index >= 15 is 0 Å². The summed E-state index contributed by atoms with van der Waals surface area (Å²) >= 11 is 0. The third-order valence-corrected chi connectivity index (χ3v) is 3.44. The van der Waals surface area contributed by atoms with Gasteiger partial charge in [-0.3, -0.25) is 10.1 Å². The number of nitro benzene ring substituents is 1. The van der Waals surface area contributed by atoms with E-state index in [9.17, 15) is 10.1 Å². The lowest BCUT2D eigenvalue weighted by molar-refractivity contribution is -0.385. The van der Waals surface area contributed by atoms with Crippen LogP contribution in [0, 0.1) is 10.1 Å². The minimum absolute atomic E-state index is 0.105. The first kappa shape index (κ1) is 18.1. The molecule has 0 bridgehead atoms. The molecule has 0 aliphatic rings. The van der Waals surface area contributed by atoms with E-state index in [1.807, 2.05) is 18.2 Å². The van der Waals surface area contributed by atoms with Crippen molar-refractivity contribution in [1.82, 2.24) is 5.43 Å². The molecule has 0 saturated heterocycles. The number of nitrogens with one attached hydrogen (secondary N) is 1. The maximum atomic E-state index is 11.0. The van der Waals surface area contributed by atoms with E-state index < -0.39 is 4.92 Å². The topological polar surface area (TPSA) is 95.2 Å². The molecule has 0 aromatic heterocycles. The van der Waals surface area contributed by atoms with E-state index in [0.717, 1.165) is 5.56 Å². The summed E-state index contributed by atoms with van der Waals surface area (Å²) in [6, 6.07) is 10.2. The zero-order valence-electron chi connectivity index (χ0n) is 14.2. The van der Waals surface area contributed by atoms with Gasteiger partial charge in [0, 0.05) is 11.6 Å². The molecular weight excluding hydrogens is 326 g/mol. The fourth-order valence-corrected chi connectivity index (χ4v) is 2.18. The molecule has 2 aromatic rings. The molecule has 2 aromatic carbocycles. The van der Waals surface area contributed by atoms with Crippen LogP contribution in [0.5, 0.6) is 17.2 Å². The van der Waals surface area contributed by atoms with Crippen LogP contribution in [0.2, 0.25) is 0 Å². The van der Waals surface area contributed by atoms with Crippen LogP contribution in [0.4, 0.5) is 5.69 Å². The first-order valence-corrected chi connectivity index (χ1v) is 7.38. The van der Waals surface area contributed by atoms with Crippen molar-refractivity contribution in [2.24, 2.45) is 5.10 Å². The van der Waals surface area contributed by atoms with Crippen molar-refractivity contribution in [2.75, 3.05) is 21.3 Å². The van der Waals surface area contributed by atoms with Crippen LogP contribution in [0.3, 0.4) is 0 Å². The Labute approximate surface area is 145 Å². The monoisotopic (exact) mass is 345 g/mol. The largest absolute Gasteiger partial charge is 0.493 e. The number of hydrazone groups is 1. The fourth-order valence-electron chi connectivity index (χ4n) is 2.18. The van der Waals surface area contributed by atoms with E-state index in [-0.39, 0.29) is 11.4 Å². The summed E-state index contributed by atoms with van der Waals surface area (Å²) in [6.45, 7) is 0.467. The van der Waals surface area contributed by atoms with E-state index in [2.05, 4.69) is 10.5 Å². The van der Waals surface area contributed by atoms with E-state index in [4.69, 9.17) is 14.2 Å². The van der Waals surface area contributed by atoms with Gasteiger partial charge in [-0.2, -0.15) is 5.10 Å². The van der Waals surface area contributed by atoms with E-state index in [0.29, 0.717) is 23.6 Å². The van der Waals surface area contributed by atoms with E-state index in [1.54, 1.807) is 20.3 Å². The lowest BCUT2D eigenvalue weighted by Crippen LogP contribution is -2.06. The Kier molecular flexibility index (Phi) is 6.16. The van der Waals surface area contributed by atoms with Gasteiger partial charge in [0.2, 0.25) is 0 Å². The molecule has 0 spiro atoms. The van der Waals surface area contributed by atoms with Gasteiger partial charge < -0.3 is 19.6 Å². The molecule has 0 radical (unpaired) electrons. The molecule has 0 aliphatic carbocycles. The average Bonchev–Trinajstić information content (AvgIpc) is 2.64. The van der Waals surface area contributed by atoms with Gasteiger partial charge in [-0.25, -0.2) is 0 Å². The minimum atomic E-state index is -0.493. The van der Waals surface area contributed by atoms with Crippen molar-refractivity contribution in [3.05, 3.63) is 57.6 Å². The number of hydrogen-bond acceptors (Lipinski definition) is 7. The summed E-state index contributed by atoms with van der Waals surface area (Å²) in [4.78, 5) is 10.5. The molecule has 0 aliphatic heterocycles. The third-order valence-electron chi connectivity index (χ3n) is 3.44. The summed E-state index contributed by atoms with van der Waals surface area (Å²) in [5.41, 5.74) is 4.33. The molecule has 0 fully saturated rings. The number of ether oxygens (including phenoxy) is 3. The molecule has 2 rings (SSSR count). The number of methoxy groups -OCH3 is 3. The average molecular weight is 345 g/mol. The van der Waals surface area contributed by atoms with Gasteiger partial charge in [0.05, 0.1) is 39.0 Å². The molecule has 0 atom stereocenters. The van der Waals surface area contributed by atoms with Crippen LogP contribution in [-0.2, 0) is 6.54 Å². The molecule has 0 amide bonds. The van der Waals surface area contributed by atoms with Crippen molar-refractivity contribution in [3.63, 3.8) is 0 Å². The normalized spacial score (nSPS) is 10.5. The SMILES string of the molecule is COc1ccc(CN/N=C\c2ccc(OC)c([N+](=O)[O-])c2)cc1OC. The highest BCUT2D eigenvalue weighted by Gasteiger charge is 2.14. The van der Waals surface area contributed by atoms with Gasteiger partial charge in [0.25, 0.3) is 0 Å². The summed E-state index contributed by atoms with van der Waals surface area (Å²) in [5.74, 6) is 1.50. The zero-order chi connectivity index (χ0) is 18.2. The van der Waals surface area contributed by atoms with Crippen LogP contribution in [0.25, 0.3) is 0 Å². The quantitative estimate of drug-likeness (QED) is 0.449. The lowest BCUT2D eigenvalue weighted by atomic mass is 10.2. The smallest absolute Gasteiger partial charge is 0.311 e. The van der Waals surface area contributed by atoms with Gasteiger partial charge in [0.15, 0.2) is 17.2 Å².